The molecule has 0 aromatic carbocycles. The van der Waals surface area contributed by atoms with Gasteiger partial charge in [0.1, 0.15) is 0 Å². The van der Waals surface area contributed by atoms with Crippen molar-refractivity contribution in [3.63, 3.8) is 0 Å². The Balaban J connectivity index is 2.18. The van der Waals surface area contributed by atoms with Gasteiger partial charge in [-0.1, -0.05) is 19.9 Å². The van der Waals surface area contributed by atoms with Gasteiger partial charge >= 0.3 is 0 Å². The minimum absolute atomic E-state index is 0.592. The second-order valence-electron chi connectivity index (χ2n) is 5.45. The van der Waals surface area contributed by atoms with Crippen molar-refractivity contribution < 1.29 is 4.74 Å². The standard InChI is InChI=1S/C16H28N4O/c1-13(2)12-21-10-6-9-18-16(17-4)19-11-15-8-5-7-14(3)20-15/h5,7-8,13H,6,9-12H2,1-4H3,(H2,17,18,19). The van der Waals surface area contributed by atoms with E-state index < -0.39 is 0 Å². The first kappa shape index (κ1) is 17.4. The molecule has 0 aliphatic carbocycles. The largest absolute Gasteiger partial charge is 0.381 e. The summed E-state index contributed by atoms with van der Waals surface area (Å²) in [5.74, 6) is 1.39. The number of nitrogens with zero attached hydrogens (tertiary/aromatic N) is 2. The number of aliphatic imine (C=N–C) groups is 1. The lowest BCUT2D eigenvalue weighted by Crippen LogP contribution is -2.37. The van der Waals surface area contributed by atoms with E-state index in [4.69, 9.17) is 4.74 Å². The molecule has 0 bridgehead atoms. The number of hydrogen-bond donors (Lipinski definition) is 2. The van der Waals surface area contributed by atoms with Crippen molar-refractivity contribution in [2.45, 2.75) is 33.7 Å². The van der Waals surface area contributed by atoms with Crippen LogP contribution in [0.25, 0.3) is 0 Å². The van der Waals surface area contributed by atoms with Crippen LogP contribution in [0.5, 0.6) is 0 Å². The van der Waals surface area contributed by atoms with E-state index >= 15 is 0 Å². The average Bonchev–Trinajstić information content (AvgIpc) is 2.45. The molecule has 0 amide bonds. The number of ether oxygens (including phenoxy) is 1. The average molecular weight is 292 g/mol. The molecule has 0 radical (unpaired) electrons. The second-order valence-corrected chi connectivity index (χ2v) is 5.45. The van der Waals surface area contributed by atoms with Crippen LogP contribution in [0.1, 0.15) is 31.7 Å². The summed E-state index contributed by atoms with van der Waals surface area (Å²) in [6, 6.07) is 6.02. The molecule has 0 aliphatic rings. The van der Waals surface area contributed by atoms with Crippen LogP contribution in [0.2, 0.25) is 0 Å². The molecule has 21 heavy (non-hydrogen) atoms. The summed E-state index contributed by atoms with van der Waals surface area (Å²) in [7, 11) is 1.77. The molecule has 2 N–H and O–H groups in total. The maximum atomic E-state index is 5.54. The Kier molecular flexibility index (Phi) is 8.43. The molecule has 0 unspecified atom stereocenters. The van der Waals surface area contributed by atoms with Gasteiger partial charge in [0.2, 0.25) is 0 Å². The van der Waals surface area contributed by atoms with Gasteiger partial charge in [0.05, 0.1) is 12.2 Å². The van der Waals surface area contributed by atoms with Gasteiger partial charge in [-0.2, -0.15) is 0 Å². The van der Waals surface area contributed by atoms with Gasteiger partial charge in [-0.05, 0) is 31.4 Å². The first-order valence-corrected chi connectivity index (χ1v) is 7.56. The Morgan fingerprint density at radius 1 is 1.33 bits per heavy atom. The monoisotopic (exact) mass is 292 g/mol. The van der Waals surface area contributed by atoms with E-state index in [1.165, 1.54) is 0 Å². The van der Waals surface area contributed by atoms with Crippen molar-refractivity contribution in [3.8, 4) is 0 Å². The van der Waals surface area contributed by atoms with E-state index in [1.54, 1.807) is 7.05 Å². The lowest BCUT2D eigenvalue weighted by Gasteiger charge is -2.12. The number of hydrogen-bond acceptors (Lipinski definition) is 3. The van der Waals surface area contributed by atoms with Crippen molar-refractivity contribution in [1.29, 1.82) is 0 Å². The number of guanidine groups is 1. The molecule has 1 aromatic rings. The summed E-state index contributed by atoms with van der Waals surface area (Å²) >= 11 is 0. The van der Waals surface area contributed by atoms with Crippen molar-refractivity contribution in [2.75, 3.05) is 26.8 Å². The summed E-state index contributed by atoms with van der Waals surface area (Å²) in [5.41, 5.74) is 2.04. The quantitative estimate of drug-likeness (QED) is 0.438. The highest BCUT2D eigenvalue weighted by molar-refractivity contribution is 5.79. The van der Waals surface area contributed by atoms with Crippen LogP contribution < -0.4 is 10.6 Å². The van der Waals surface area contributed by atoms with E-state index in [1.807, 2.05) is 25.1 Å². The van der Waals surface area contributed by atoms with Crippen LogP contribution in [0.4, 0.5) is 0 Å². The molecule has 1 aromatic heterocycles. The first-order chi connectivity index (χ1) is 10.1. The molecule has 118 valence electrons. The fraction of sp³-hybridized carbons (Fsp3) is 0.625. The van der Waals surface area contributed by atoms with Gasteiger partial charge in [-0.15, -0.1) is 0 Å². The van der Waals surface area contributed by atoms with E-state index in [-0.39, 0.29) is 0 Å². The van der Waals surface area contributed by atoms with Gasteiger partial charge in [0.15, 0.2) is 5.96 Å². The molecule has 0 saturated carbocycles. The highest BCUT2D eigenvalue weighted by Gasteiger charge is 1.99. The smallest absolute Gasteiger partial charge is 0.191 e. The van der Waals surface area contributed by atoms with Gasteiger partial charge < -0.3 is 15.4 Å². The third-order valence-electron chi connectivity index (χ3n) is 2.82. The molecule has 1 heterocycles. The zero-order chi connectivity index (χ0) is 15.5. The van der Waals surface area contributed by atoms with Gasteiger partial charge in [-0.25, -0.2) is 0 Å². The highest BCUT2D eigenvalue weighted by atomic mass is 16.5. The Hall–Kier alpha value is -1.62. The summed E-state index contributed by atoms with van der Waals surface area (Å²) in [6.07, 6.45) is 0.968. The van der Waals surface area contributed by atoms with E-state index in [2.05, 4.69) is 34.5 Å². The molecule has 5 heteroatoms. The van der Waals surface area contributed by atoms with Crippen LogP contribution in [0.15, 0.2) is 23.2 Å². The van der Waals surface area contributed by atoms with Crippen molar-refractivity contribution >= 4 is 5.96 Å². The van der Waals surface area contributed by atoms with E-state index in [9.17, 15) is 0 Å². The maximum absolute atomic E-state index is 5.54. The Bertz CT molecular complexity index is 432. The predicted molar refractivity (Wildman–Crippen MR) is 87.4 cm³/mol. The fourth-order valence-electron chi connectivity index (χ4n) is 1.79. The SMILES string of the molecule is CN=C(NCCCOCC(C)C)NCc1cccc(C)n1. The van der Waals surface area contributed by atoms with Gasteiger partial charge in [0, 0.05) is 32.5 Å². The zero-order valence-corrected chi connectivity index (χ0v) is 13.6. The Labute approximate surface area is 128 Å². The van der Waals surface area contributed by atoms with Gasteiger partial charge in [0.25, 0.3) is 0 Å². The first-order valence-electron chi connectivity index (χ1n) is 7.56. The normalized spacial score (nSPS) is 11.8. The minimum Gasteiger partial charge on any atom is -0.381 e. The lowest BCUT2D eigenvalue weighted by molar-refractivity contribution is 0.108. The number of pyridine rings is 1. The van der Waals surface area contributed by atoms with E-state index in [0.29, 0.717) is 12.5 Å². The molecule has 0 spiro atoms. The fourth-order valence-corrected chi connectivity index (χ4v) is 1.79. The van der Waals surface area contributed by atoms with Crippen LogP contribution >= 0.6 is 0 Å². The predicted octanol–water partition coefficient (Wildman–Crippen LogP) is 2.12. The van der Waals surface area contributed by atoms with Gasteiger partial charge in [-0.3, -0.25) is 9.98 Å². The number of aromatic nitrogens is 1. The topological polar surface area (TPSA) is 58.5 Å². The van der Waals surface area contributed by atoms with Crippen LogP contribution in [0, 0.1) is 12.8 Å². The maximum Gasteiger partial charge on any atom is 0.191 e. The molecule has 5 nitrogen and oxygen atoms in total. The molecular formula is C16H28N4O. The Morgan fingerprint density at radius 3 is 2.81 bits per heavy atom. The molecular weight excluding hydrogens is 264 g/mol. The summed E-state index contributed by atoms with van der Waals surface area (Å²) < 4.78 is 5.54. The molecule has 0 aliphatic heterocycles. The number of aryl methyl sites for hydroxylation is 1. The summed E-state index contributed by atoms with van der Waals surface area (Å²) in [5, 5.41) is 6.53. The molecule has 0 saturated heterocycles. The summed E-state index contributed by atoms with van der Waals surface area (Å²) in [6.45, 7) is 9.43. The number of rotatable bonds is 8. The van der Waals surface area contributed by atoms with Crippen molar-refractivity contribution in [1.82, 2.24) is 15.6 Å². The van der Waals surface area contributed by atoms with Crippen LogP contribution in [0.3, 0.4) is 0 Å². The van der Waals surface area contributed by atoms with Crippen molar-refractivity contribution in [3.05, 3.63) is 29.6 Å². The zero-order valence-electron chi connectivity index (χ0n) is 13.6. The lowest BCUT2D eigenvalue weighted by atomic mass is 10.2. The van der Waals surface area contributed by atoms with E-state index in [0.717, 1.165) is 43.5 Å². The minimum atomic E-state index is 0.592. The molecule has 0 fully saturated rings. The van der Waals surface area contributed by atoms with Crippen molar-refractivity contribution in [2.24, 2.45) is 10.9 Å². The molecule has 1 rings (SSSR count). The molecule has 0 atom stereocenters. The van der Waals surface area contributed by atoms with Crippen LogP contribution in [-0.4, -0.2) is 37.7 Å². The summed E-state index contributed by atoms with van der Waals surface area (Å²) in [4.78, 5) is 8.65. The second kappa shape index (κ2) is 10.2. The number of nitrogens with one attached hydrogen (secondary N) is 2. The highest BCUT2D eigenvalue weighted by Crippen LogP contribution is 1.97. The third kappa shape index (κ3) is 8.30. The Morgan fingerprint density at radius 2 is 2.14 bits per heavy atom. The van der Waals surface area contributed by atoms with Crippen LogP contribution in [-0.2, 0) is 11.3 Å². The third-order valence-corrected chi connectivity index (χ3v) is 2.82.